The van der Waals surface area contributed by atoms with E-state index < -0.39 is 0 Å². The third kappa shape index (κ3) is 3.69. The zero-order valence-electron chi connectivity index (χ0n) is 12.8. The van der Waals surface area contributed by atoms with Gasteiger partial charge in [0.15, 0.2) is 5.69 Å². The van der Waals surface area contributed by atoms with Crippen molar-refractivity contribution in [2.24, 2.45) is 0 Å². The van der Waals surface area contributed by atoms with Crippen LogP contribution in [0.2, 0.25) is 5.02 Å². The Bertz CT molecular complexity index is 848. The standard InChI is InChI=1S/C16H14ClN5O2/c1-24-15-6-5-13(20-21-15)16(23)19-14-7-8-18-22(14)10-11-3-2-4-12(17)9-11/h2-9H,10H2,1H3,(H,19,23). The van der Waals surface area contributed by atoms with E-state index in [0.29, 0.717) is 23.3 Å². The highest BCUT2D eigenvalue weighted by molar-refractivity contribution is 6.30. The molecule has 3 rings (SSSR count). The third-order valence-corrected chi connectivity index (χ3v) is 3.50. The van der Waals surface area contributed by atoms with Gasteiger partial charge in [-0.05, 0) is 23.8 Å². The molecule has 8 heteroatoms. The number of hydrogen-bond acceptors (Lipinski definition) is 5. The summed E-state index contributed by atoms with van der Waals surface area (Å²) in [7, 11) is 1.48. The highest BCUT2D eigenvalue weighted by atomic mass is 35.5. The number of rotatable bonds is 5. The molecule has 0 saturated carbocycles. The monoisotopic (exact) mass is 343 g/mol. The van der Waals surface area contributed by atoms with Crippen molar-refractivity contribution in [3.8, 4) is 5.88 Å². The summed E-state index contributed by atoms with van der Waals surface area (Å²) in [5, 5.41) is 15.2. The van der Waals surface area contributed by atoms with E-state index in [4.69, 9.17) is 16.3 Å². The van der Waals surface area contributed by atoms with Crippen LogP contribution in [-0.4, -0.2) is 33.0 Å². The van der Waals surface area contributed by atoms with Crippen molar-refractivity contribution in [1.82, 2.24) is 20.0 Å². The van der Waals surface area contributed by atoms with Crippen LogP contribution in [-0.2, 0) is 6.54 Å². The molecular weight excluding hydrogens is 330 g/mol. The first-order valence-corrected chi connectivity index (χ1v) is 7.49. The molecule has 7 nitrogen and oxygen atoms in total. The molecule has 2 heterocycles. The maximum absolute atomic E-state index is 12.3. The fourth-order valence-corrected chi connectivity index (χ4v) is 2.32. The molecule has 24 heavy (non-hydrogen) atoms. The summed E-state index contributed by atoms with van der Waals surface area (Å²) >= 11 is 5.99. The number of anilines is 1. The molecule has 0 radical (unpaired) electrons. The number of benzene rings is 1. The van der Waals surface area contributed by atoms with Crippen molar-refractivity contribution < 1.29 is 9.53 Å². The van der Waals surface area contributed by atoms with Crippen LogP contribution in [0.15, 0.2) is 48.7 Å². The molecule has 2 aromatic heterocycles. The largest absolute Gasteiger partial charge is 0.480 e. The number of nitrogens with one attached hydrogen (secondary N) is 1. The van der Waals surface area contributed by atoms with E-state index in [0.717, 1.165) is 5.56 Å². The topological polar surface area (TPSA) is 81.9 Å². The Morgan fingerprint density at radius 3 is 2.83 bits per heavy atom. The molecule has 1 amide bonds. The molecule has 0 saturated heterocycles. The van der Waals surface area contributed by atoms with Crippen LogP contribution in [0.3, 0.4) is 0 Å². The number of carbonyl (C=O) groups excluding carboxylic acids is 1. The van der Waals surface area contributed by atoms with Crippen LogP contribution in [0.25, 0.3) is 0 Å². The van der Waals surface area contributed by atoms with Crippen LogP contribution in [0.4, 0.5) is 5.82 Å². The van der Waals surface area contributed by atoms with Gasteiger partial charge in [0.05, 0.1) is 19.9 Å². The smallest absolute Gasteiger partial charge is 0.277 e. The van der Waals surface area contributed by atoms with Gasteiger partial charge in [-0.15, -0.1) is 10.2 Å². The highest BCUT2D eigenvalue weighted by Crippen LogP contribution is 2.15. The molecule has 0 aliphatic heterocycles. The van der Waals surface area contributed by atoms with E-state index in [-0.39, 0.29) is 11.6 Å². The van der Waals surface area contributed by atoms with Crippen LogP contribution in [0.5, 0.6) is 5.88 Å². The average molecular weight is 344 g/mol. The lowest BCUT2D eigenvalue weighted by Crippen LogP contribution is -2.17. The van der Waals surface area contributed by atoms with Gasteiger partial charge in [0.25, 0.3) is 5.91 Å². The second kappa shape index (κ2) is 7.10. The molecule has 1 N–H and O–H groups in total. The molecule has 122 valence electrons. The van der Waals surface area contributed by atoms with Gasteiger partial charge >= 0.3 is 0 Å². The summed E-state index contributed by atoms with van der Waals surface area (Å²) in [4.78, 5) is 12.3. The second-order valence-electron chi connectivity index (χ2n) is 4.92. The summed E-state index contributed by atoms with van der Waals surface area (Å²) in [6.07, 6.45) is 1.61. The molecule has 0 spiro atoms. The van der Waals surface area contributed by atoms with Gasteiger partial charge in [-0.2, -0.15) is 5.10 Å². The Balaban J connectivity index is 1.73. The molecule has 0 aliphatic rings. The molecular formula is C16H14ClN5O2. The lowest BCUT2D eigenvalue weighted by molar-refractivity contribution is 0.102. The molecule has 0 fully saturated rings. The minimum atomic E-state index is -0.377. The lowest BCUT2D eigenvalue weighted by Gasteiger charge is -2.09. The van der Waals surface area contributed by atoms with Crippen LogP contribution in [0.1, 0.15) is 16.1 Å². The number of amides is 1. The number of methoxy groups -OCH3 is 1. The van der Waals surface area contributed by atoms with Crippen molar-refractivity contribution in [2.75, 3.05) is 12.4 Å². The zero-order chi connectivity index (χ0) is 16.9. The van der Waals surface area contributed by atoms with E-state index in [2.05, 4.69) is 20.6 Å². The van der Waals surface area contributed by atoms with E-state index in [1.54, 1.807) is 35.1 Å². The summed E-state index contributed by atoms with van der Waals surface area (Å²) < 4.78 is 6.59. The van der Waals surface area contributed by atoms with Gasteiger partial charge in [-0.25, -0.2) is 4.68 Å². The van der Waals surface area contributed by atoms with Gasteiger partial charge < -0.3 is 10.1 Å². The molecule has 0 atom stereocenters. The Hall–Kier alpha value is -2.93. The summed E-state index contributed by atoms with van der Waals surface area (Å²) in [5.41, 5.74) is 1.16. The quantitative estimate of drug-likeness (QED) is 0.770. The number of hydrogen-bond donors (Lipinski definition) is 1. The minimum absolute atomic E-state index is 0.186. The fourth-order valence-electron chi connectivity index (χ4n) is 2.10. The first-order valence-electron chi connectivity index (χ1n) is 7.11. The molecule has 0 bridgehead atoms. The second-order valence-corrected chi connectivity index (χ2v) is 5.36. The van der Waals surface area contributed by atoms with Crippen molar-refractivity contribution in [2.45, 2.75) is 6.54 Å². The van der Waals surface area contributed by atoms with Gasteiger partial charge in [-0.3, -0.25) is 4.79 Å². The predicted molar refractivity (Wildman–Crippen MR) is 89.3 cm³/mol. The molecule has 1 aromatic carbocycles. The normalized spacial score (nSPS) is 10.4. The van der Waals surface area contributed by atoms with Crippen LogP contribution in [0, 0.1) is 0 Å². The number of halogens is 1. The Morgan fingerprint density at radius 2 is 2.12 bits per heavy atom. The van der Waals surface area contributed by atoms with Gasteiger partial charge in [0, 0.05) is 17.2 Å². The number of carbonyl (C=O) groups is 1. The van der Waals surface area contributed by atoms with Crippen molar-refractivity contribution in [3.05, 3.63) is 64.9 Å². The van der Waals surface area contributed by atoms with E-state index in [9.17, 15) is 4.79 Å². The van der Waals surface area contributed by atoms with Gasteiger partial charge in [-0.1, -0.05) is 23.7 Å². The summed E-state index contributed by atoms with van der Waals surface area (Å²) in [6, 6.07) is 12.3. The van der Waals surface area contributed by atoms with E-state index in [1.807, 2.05) is 18.2 Å². The van der Waals surface area contributed by atoms with Crippen molar-refractivity contribution in [1.29, 1.82) is 0 Å². The summed E-state index contributed by atoms with van der Waals surface area (Å²) in [6.45, 7) is 0.484. The van der Waals surface area contributed by atoms with Crippen molar-refractivity contribution >= 4 is 23.3 Å². The molecule has 0 aliphatic carbocycles. The first kappa shape index (κ1) is 15.9. The Kier molecular flexibility index (Phi) is 4.72. The molecule has 0 unspecified atom stereocenters. The van der Waals surface area contributed by atoms with Crippen molar-refractivity contribution in [3.63, 3.8) is 0 Å². The SMILES string of the molecule is COc1ccc(C(=O)Nc2ccnn2Cc2cccc(Cl)c2)nn1. The van der Waals surface area contributed by atoms with E-state index in [1.165, 1.54) is 7.11 Å². The predicted octanol–water partition coefficient (Wildman–Crippen LogP) is 2.64. The average Bonchev–Trinajstić information content (AvgIpc) is 3.01. The number of ether oxygens (including phenoxy) is 1. The summed E-state index contributed by atoms with van der Waals surface area (Å²) in [5.74, 6) is 0.521. The Morgan fingerprint density at radius 1 is 1.25 bits per heavy atom. The number of aromatic nitrogens is 4. The van der Waals surface area contributed by atoms with Gasteiger partial charge in [0.2, 0.25) is 5.88 Å². The third-order valence-electron chi connectivity index (χ3n) is 3.26. The fraction of sp³-hybridized carbons (Fsp3) is 0.125. The highest BCUT2D eigenvalue weighted by Gasteiger charge is 2.12. The Labute approximate surface area is 143 Å². The molecule has 3 aromatic rings. The van der Waals surface area contributed by atoms with Crippen LogP contribution < -0.4 is 10.1 Å². The zero-order valence-corrected chi connectivity index (χ0v) is 13.6. The minimum Gasteiger partial charge on any atom is -0.480 e. The number of nitrogens with zero attached hydrogens (tertiary/aromatic N) is 4. The van der Waals surface area contributed by atoms with E-state index >= 15 is 0 Å². The van der Waals surface area contributed by atoms with Gasteiger partial charge in [0.1, 0.15) is 5.82 Å². The first-order chi connectivity index (χ1) is 11.7. The van der Waals surface area contributed by atoms with Crippen LogP contribution >= 0.6 is 11.6 Å². The maximum atomic E-state index is 12.3. The lowest BCUT2D eigenvalue weighted by atomic mass is 10.2. The maximum Gasteiger partial charge on any atom is 0.277 e.